The summed E-state index contributed by atoms with van der Waals surface area (Å²) in [6.45, 7) is 0.599. The van der Waals surface area contributed by atoms with Gasteiger partial charge in [-0.15, -0.1) is 0 Å². The number of halogens is 2. The zero-order valence-electron chi connectivity index (χ0n) is 19.8. The molecular formula is C30H23Cl2N3O2. The Hall–Kier alpha value is -4.06. The van der Waals surface area contributed by atoms with E-state index in [4.69, 9.17) is 33.0 Å². The van der Waals surface area contributed by atoms with Crippen molar-refractivity contribution in [2.45, 2.75) is 13.2 Å². The lowest BCUT2D eigenvalue weighted by Crippen LogP contribution is -2.23. The van der Waals surface area contributed by atoms with Crippen molar-refractivity contribution in [3.05, 3.63) is 136 Å². The first-order chi connectivity index (χ1) is 18.1. The molecule has 1 heterocycles. The number of benzene rings is 4. The van der Waals surface area contributed by atoms with Crippen LogP contribution in [-0.4, -0.2) is 15.7 Å². The molecule has 1 aromatic heterocycles. The maximum atomic E-state index is 13.0. The van der Waals surface area contributed by atoms with E-state index in [-0.39, 0.29) is 12.5 Å². The maximum absolute atomic E-state index is 13.0. The van der Waals surface area contributed by atoms with E-state index >= 15 is 0 Å². The minimum absolute atomic E-state index is 0.183. The Kier molecular flexibility index (Phi) is 7.54. The molecule has 5 rings (SSSR count). The highest BCUT2D eigenvalue weighted by atomic mass is 35.5. The average molecular weight is 528 g/mol. The molecule has 0 aliphatic carbocycles. The monoisotopic (exact) mass is 527 g/mol. The van der Waals surface area contributed by atoms with Crippen LogP contribution in [0.1, 0.15) is 21.5 Å². The molecule has 4 aromatic carbocycles. The van der Waals surface area contributed by atoms with Gasteiger partial charge in [0.05, 0.1) is 16.4 Å². The largest absolute Gasteiger partial charge is 0.487 e. The normalized spacial score (nSPS) is 10.8. The van der Waals surface area contributed by atoms with Crippen molar-refractivity contribution in [2.75, 3.05) is 0 Å². The molecule has 7 heteroatoms. The summed E-state index contributed by atoms with van der Waals surface area (Å²) in [5, 5.41) is 8.83. The summed E-state index contributed by atoms with van der Waals surface area (Å²) in [6.07, 6.45) is 1.96. The van der Waals surface area contributed by atoms with Crippen LogP contribution >= 0.6 is 23.2 Å². The van der Waals surface area contributed by atoms with Gasteiger partial charge >= 0.3 is 0 Å². The zero-order valence-corrected chi connectivity index (χ0v) is 21.3. The van der Waals surface area contributed by atoms with Crippen LogP contribution in [0, 0.1) is 0 Å². The first kappa shape index (κ1) is 24.6. The molecular weight excluding hydrogens is 505 g/mol. The van der Waals surface area contributed by atoms with Gasteiger partial charge in [0.15, 0.2) is 0 Å². The molecule has 0 aliphatic rings. The molecule has 1 amide bonds. The molecule has 5 nitrogen and oxygen atoms in total. The lowest BCUT2D eigenvalue weighted by Gasteiger charge is -2.10. The highest BCUT2D eigenvalue weighted by Crippen LogP contribution is 2.28. The minimum Gasteiger partial charge on any atom is -0.487 e. The second kappa shape index (κ2) is 11.3. The summed E-state index contributed by atoms with van der Waals surface area (Å²) in [5.41, 5.74) is 5.07. The minimum atomic E-state index is -0.183. The van der Waals surface area contributed by atoms with Gasteiger partial charge in [-0.1, -0.05) is 83.9 Å². The average Bonchev–Trinajstić information content (AvgIpc) is 3.37. The van der Waals surface area contributed by atoms with Crippen LogP contribution in [0.15, 0.2) is 109 Å². The molecule has 37 heavy (non-hydrogen) atoms. The molecule has 5 aromatic rings. The third-order valence-electron chi connectivity index (χ3n) is 5.77. The van der Waals surface area contributed by atoms with Gasteiger partial charge in [0.2, 0.25) is 0 Å². The summed E-state index contributed by atoms with van der Waals surface area (Å²) in [6, 6.07) is 32.2. The summed E-state index contributed by atoms with van der Waals surface area (Å²) in [5.74, 6) is 0.350. The quantitative estimate of drug-likeness (QED) is 0.229. The third kappa shape index (κ3) is 6.02. The van der Waals surface area contributed by atoms with Crippen molar-refractivity contribution in [1.29, 1.82) is 0 Å². The number of carbonyl (C=O) groups is 1. The molecule has 0 atom stereocenters. The molecule has 0 saturated carbocycles. The van der Waals surface area contributed by atoms with E-state index in [2.05, 4.69) is 5.32 Å². The van der Waals surface area contributed by atoms with E-state index in [1.165, 1.54) is 0 Å². The van der Waals surface area contributed by atoms with E-state index in [1.807, 2.05) is 89.7 Å². The second-order valence-electron chi connectivity index (χ2n) is 8.40. The van der Waals surface area contributed by atoms with Crippen molar-refractivity contribution in [3.63, 3.8) is 0 Å². The molecule has 0 aliphatic heterocycles. The number of aromatic nitrogens is 2. The summed E-state index contributed by atoms with van der Waals surface area (Å²) in [7, 11) is 0. The zero-order chi connectivity index (χ0) is 25.6. The summed E-state index contributed by atoms with van der Waals surface area (Å²) in [4.78, 5) is 13.0. The van der Waals surface area contributed by atoms with Crippen LogP contribution < -0.4 is 10.1 Å². The van der Waals surface area contributed by atoms with Gasteiger partial charge < -0.3 is 10.1 Å². The lowest BCUT2D eigenvalue weighted by atomic mass is 10.1. The fourth-order valence-electron chi connectivity index (χ4n) is 3.92. The van der Waals surface area contributed by atoms with E-state index in [0.29, 0.717) is 27.9 Å². The topological polar surface area (TPSA) is 56.2 Å². The number of hydrogen-bond acceptors (Lipinski definition) is 3. The molecule has 0 saturated heterocycles. The molecule has 0 bridgehead atoms. The second-order valence-corrected chi connectivity index (χ2v) is 9.24. The number of carbonyl (C=O) groups excluding carboxylic acids is 1. The SMILES string of the molecule is O=C(NCc1cn(-c2ccccc2)nc1-c1ccccc1)c1cccc(COc2ccc(Cl)cc2Cl)c1. The van der Waals surface area contributed by atoms with Gasteiger partial charge in [-0.25, -0.2) is 4.68 Å². The summed E-state index contributed by atoms with van der Waals surface area (Å²) < 4.78 is 7.66. The number of ether oxygens (including phenoxy) is 1. The van der Waals surface area contributed by atoms with Crippen molar-refractivity contribution < 1.29 is 9.53 Å². The van der Waals surface area contributed by atoms with Crippen LogP contribution in [-0.2, 0) is 13.2 Å². The first-order valence-corrected chi connectivity index (χ1v) is 12.5. The van der Waals surface area contributed by atoms with Crippen molar-refractivity contribution in [3.8, 4) is 22.7 Å². The van der Waals surface area contributed by atoms with Crippen molar-refractivity contribution in [1.82, 2.24) is 15.1 Å². The van der Waals surface area contributed by atoms with Gasteiger partial charge in [0.1, 0.15) is 12.4 Å². The van der Waals surface area contributed by atoms with Crippen LogP contribution in [0.25, 0.3) is 16.9 Å². The smallest absolute Gasteiger partial charge is 0.251 e. The number of nitrogens with one attached hydrogen (secondary N) is 1. The highest BCUT2D eigenvalue weighted by molar-refractivity contribution is 6.35. The number of rotatable bonds is 8. The van der Waals surface area contributed by atoms with Gasteiger partial charge in [0, 0.05) is 34.5 Å². The van der Waals surface area contributed by atoms with Crippen molar-refractivity contribution >= 4 is 29.1 Å². The summed E-state index contributed by atoms with van der Waals surface area (Å²) >= 11 is 12.1. The Labute approximate surface area is 225 Å². The Morgan fingerprint density at radius 3 is 2.38 bits per heavy atom. The maximum Gasteiger partial charge on any atom is 0.251 e. The Morgan fingerprint density at radius 2 is 1.62 bits per heavy atom. The van der Waals surface area contributed by atoms with Crippen LogP contribution in [0.5, 0.6) is 5.75 Å². The lowest BCUT2D eigenvalue weighted by molar-refractivity contribution is 0.0951. The number of hydrogen-bond donors (Lipinski definition) is 1. The van der Waals surface area contributed by atoms with Crippen molar-refractivity contribution in [2.24, 2.45) is 0 Å². The first-order valence-electron chi connectivity index (χ1n) is 11.7. The fourth-order valence-corrected chi connectivity index (χ4v) is 4.39. The molecule has 0 radical (unpaired) electrons. The number of amides is 1. The Morgan fingerprint density at radius 1 is 0.865 bits per heavy atom. The van der Waals surface area contributed by atoms with Crippen LogP contribution in [0.2, 0.25) is 10.0 Å². The standard InChI is InChI=1S/C30H23Cl2N3O2/c31-25-14-15-28(27(32)17-25)37-20-21-8-7-11-23(16-21)30(36)33-18-24-19-35(26-12-5-2-6-13-26)34-29(24)22-9-3-1-4-10-22/h1-17,19H,18,20H2,(H,33,36). The molecule has 0 unspecified atom stereocenters. The van der Waals surface area contributed by atoms with Gasteiger partial charge in [-0.3, -0.25) is 4.79 Å². The van der Waals surface area contributed by atoms with E-state index in [0.717, 1.165) is 28.1 Å². The Balaban J connectivity index is 1.31. The molecule has 0 spiro atoms. The van der Waals surface area contributed by atoms with Gasteiger partial charge in [-0.05, 0) is 48.0 Å². The third-order valence-corrected chi connectivity index (χ3v) is 6.31. The molecule has 0 fully saturated rings. The van der Waals surface area contributed by atoms with Crippen LogP contribution in [0.3, 0.4) is 0 Å². The molecule has 1 N–H and O–H groups in total. The predicted molar refractivity (Wildman–Crippen MR) is 147 cm³/mol. The van der Waals surface area contributed by atoms with E-state index in [9.17, 15) is 4.79 Å². The molecule has 184 valence electrons. The fraction of sp³-hybridized carbons (Fsp3) is 0.0667. The van der Waals surface area contributed by atoms with Gasteiger partial charge in [0.25, 0.3) is 5.91 Å². The Bertz CT molecular complexity index is 1520. The highest BCUT2D eigenvalue weighted by Gasteiger charge is 2.14. The van der Waals surface area contributed by atoms with E-state index < -0.39 is 0 Å². The van der Waals surface area contributed by atoms with Gasteiger partial charge in [-0.2, -0.15) is 5.10 Å². The predicted octanol–water partition coefficient (Wildman–Crippen LogP) is 7.36. The number of nitrogens with zero attached hydrogens (tertiary/aromatic N) is 2. The van der Waals surface area contributed by atoms with E-state index in [1.54, 1.807) is 24.3 Å². The number of para-hydroxylation sites is 1. The van der Waals surface area contributed by atoms with Crippen LogP contribution in [0.4, 0.5) is 0 Å².